The summed E-state index contributed by atoms with van der Waals surface area (Å²) in [4.78, 5) is 25.2. The molecular formula is C25H20O7. The number of hydrogen-bond acceptors (Lipinski definition) is 7. The molecule has 1 heterocycles. The Bertz CT molecular complexity index is 1230. The van der Waals surface area contributed by atoms with E-state index in [1.807, 2.05) is 18.2 Å². The third-order valence-electron chi connectivity index (χ3n) is 4.86. The maximum Gasteiger partial charge on any atom is 0.343 e. The average Bonchev–Trinajstić information content (AvgIpc) is 3.12. The van der Waals surface area contributed by atoms with E-state index in [-0.39, 0.29) is 17.3 Å². The van der Waals surface area contributed by atoms with Crippen LogP contribution in [0.3, 0.4) is 0 Å². The molecule has 0 aliphatic carbocycles. The highest BCUT2D eigenvalue weighted by atomic mass is 16.5. The van der Waals surface area contributed by atoms with Crippen LogP contribution in [0.15, 0.2) is 66.4 Å². The third kappa shape index (κ3) is 4.13. The molecule has 32 heavy (non-hydrogen) atoms. The summed E-state index contributed by atoms with van der Waals surface area (Å²) in [5.41, 5.74) is 1.45. The van der Waals surface area contributed by atoms with Gasteiger partial charge >= 0.3 is 5.97 Å². The minimum atomic E-state index is -0.581. The summed E-state index contributed by atoms with van der Waals surface area (Å²) in [6, 6.07) is 16.6. The van der Waals surface area contributed by atoms with Gasteiger partial charge in [-0.2, -0.15) is 0 Å². The van der Waals surface area contributed by atoms with Crippen LogP contribution in [0.2, 0.25) is 0 Å². The monoisotopic (exact) mass is 432 g/mol. The van der Waals surface area contributed by atoms with Crippen LogP contribution in [0.25, 0.3) is 6.08 Å². The molecule has 0 saturated carbocycles. The number of benzene rings is 3. The van der Waals surface area contributed by atoms with Gasteiger partial charge in [-0.15, -0.1) is 0 Å². The zero-order chi connectivity index (χ0) is 22.7. The number of ketones is 1. The number of ether oxygens (including phenoxy) is 5. The Morgan fingerprint density at radius 3 is 2.41 bits per heavy atom. The van der Waals surface area contributed by atoms with Crippen LogP contribution in [-0.4, -0.2) is 33.1 Å². The van der Waals surface area contributed by atoms with Gasteiger partial charge < -0.3 is 23.7 Å². The van der Waals surface area contributed by atoms with Crippen LogP contribution in [-0.2, 0) is 0 Å². The predicted molar refractivity (Wildman–Crippen MR) is 117 cm³/mol. The lowest BCUT2D eigenvalue weighted by atomic mass is 10.1. The normalized spacial score (nSPS) is 13.3. The topological polar surface area (TPSA) is 80.3 Å². The lowest BCUT2D eigenvalue weighted by Crippen LogP contribution is -2.09. The van der Waals surface area contributed by atoms with Crippen LogP contribution >= 0.6 is 0 Å². The molecule has 3 aromatic carbocycles. The van der Waals surface area contributed by atoms with Gasteiger partial charge in [-0.25, -0.2) is 4.79 Å². The highest BCUT2D eigenvalue weighted by Crippen LogP contribution is 2.35. The van der Waals surface area contributed by atoms with Crippen LogP contribution in [0.1, 0.15) is 26.3 Å². The quantitative estimate of drug-likeness (QED) is 0.321. The van der Waals surface area contributed by atoms with E-state index in [4.69, 9.17) is 23.7 Å². The van der Waals surface area contributed by atoms with E-state index in [9.17, 15) is 9.59 Å². The largest absolute Gasteiger partial charge is 0.497 e. The van der Waals surface area contributed by atoms with Crippen LogP contribution in [0, 0.1) is 0 Å². The van der Waals surface area contributed by atoms with Gasteiger partial charge in [0.1, 0.15) is 17.2 Å². The fourth-order valence-corrected chi connectivity index (χ4v) is 3.24. The molecule has 4 rings (SSSR count). The number of carbonyl (C=O) groups excluding carboxylic acids is 2. The molecule has 0 radical (unpaired) electrons. The molecule has 7 nitrogen and oxygen atoms in total. The van der Waals surface area contributed by atoms with Crippen molar-refractivity contribution in [2.24, 2.45) is 0 Å². The molecule has 3 aromatic rings. The van der Waals surface area contributed by atoms with Crippen molar-refractivity contribution in [1.29, 1.82) is 0 Å². The van der Waals surface area contributed by atoms with Crippen LogP contribution in [0.4, 0.5) is 0 Å². The summed E-state index contributed by atoms with van der Waals surface area (Å²) < 4.78 is 26.8. The van der Waals surface area contributed by atoms with E-state index in [2.05, 4.69) is 0 Å². The molecule has 7 heteroatoms. The van der Waals surface area contributed by atoms with E-state index < -0.39 is 5.97 Å². The first-order valence-corrected chi connectivity index (χ1v) is 9.69. The Morgan fingerprint density at radius 2 is 1.66 bits per heavy atom. The van der Waals surface area contributed by atoms with Gasteiger partial charge in [0.2, 0.25) is 5.78 Å². The third-order valence-corrected chi connectivity index (χ3v) is 4.86. The minimum absolute atomic E-state index is 0.177. The molecule has 0 unspecified atom stereocenters. The van der Waals surface area contributed by atoms with E-state index in [0.29, 0.717) is 34.1 Å². The number of methoxy groups -OCH3 is 3. The second-order valence-electron chi connectivity index (χ2n) is 6.83. The van der Waals surface area contributed by atoms with Gasteiger partial charge in [0.15, 0.2) is 17.3 Å². The Balaban J connectivity index is 1.53. The van der Waals surface area contributed by atoms with E-state index in [1.54, 1.807) is 43.5 Å². The summed E-state index contributed by atoms with van der Waals surface area (Å²) in [5, 5.41) is 0. The molecule has 1 aliphatic rings. The molecule has 162 valence electrons. The number of hydrogen-bond donors (Lipinski definition) is 0. The number of Topliss-reactive ketones (excluding diaryl/α,β-unsaturated/α-hetero) is 1. The van der Waals surface area contributed by atoms with Crippen molar-refractivity contribution < 1.29 is 33.3 Å². The minimum Gasteiger partial charge on any atom is -0.497 e. The van der Waals surface area contributed by atoms with Crippen molar-refractivity contribution in [2.75, 3.05) is 21.3 Å². The fraction of sp³-hybridized carbons (Fsp3) is 0.120. The lowest BCUT2D eigenvalue weighted by molar-refractivity contribution is 0.0734. The van der Waals surface area contributed by atoms with Gasteiger partial charge in [-0.05, 0) is 54.1 Å². The molecule has 0 N–H and O–H groups in total. The first-order chi connectivity index (χ1) is 15.5. The van der Waals surface area contributed by atoms with Crippen LogP contribution < -0.4 is 23.7 Å². The fourth-order valence-electron chi connectivity index (χ4n) is 3.24. The highest BCUT2D eigenvalue weighted by Gasteiger charge is 2.28. The lowest BCUT2D eigenvalue weighted by Gasteiger charge is -2.10. The molecule has 1 aliphatic heterocycles. The summed E-state index contributed by atoms with van der Waals surface area (Å²) >= 11 is 0. The molecular weight excluding hydrogens is 412 g/mol. The maximum absolute atomic E-state index is 12.7. The predicted octanol–water partition coefficient (Wildman–Crippen LogP) is 4.55. The summed E-state index contributed by atoms with van der Waals surface area (Å²) in [6.07, 6.45) is 1.64. The van der Waals surface area contributed by atoms with Crippen molar-refractivity contribution in [3.63, 3.8) is 0 Å². The molecule has 0 aromatic heterocycles. The molecule has 0 fully saturated rings. The molecule has 0 saturated heterocycles. The number of carbonyl (C=O) groups is 2. The van der Waals surface area contributed by atoms with E-state index in [0.717, 1.165) is 5.56 Å². The molecule has 0 bridgehead atoms. The number of allylic oxidation sites excluding steroid dienone is 1. The second kappa shape index (κ2) is 8.85. The summed E-state index contributed by atoms with van der Waals surface area (Å²) in [5.74, 6) is 1.51. The van der Waals surface area contributed by atoms with Gasteiger partial charge in [0.25, 0.3) is 0 Å². The number of esters is 1. The van der Waals surface area contributed by atoms with Crippen molar-refractivity contribution in [3.8, 4) is 28.7 Å². The molecule has 0 atom stereocenters. The zero-order valence-corrected chi connectivity index (χ0v) is 17.7. The summed E-state index contributed by atoms with van der Waals surface area (Å²) in [6.45, 7) is 0. The highest BCUT2D eigenvalue weighted by molar-refractivity contribution is 6.14. The Labute approximate surface area is 184 Å². The van der Waals surface area contributed by atoms with E-state index >= 15 is 0 Å². The van der Waals surface area contributed by atoms with Crippen molar-refractivity contribution in [2.45, 2.75) is 0 Å². The maximum atomic E-state index is 12.7. The molecule has 0 spiro atoms. The zero-order valence-electron chi connectivity index (χ0n) is 17.7. The Morgan fingerprint density at radius 1 is 0.844 bits per heavy atom. The van der Waals surface area contributed by atoms with Gasteiger partial charge in [0, 0.05) is 6.07 Å². The SMILES string of the molecule is COc1cccc(C=C2Oc3cc(OC(=O)c4ccc(OC)c(OC)c4)ccc3C2=O)c1. The Kier molecular flexibility index (Phi) is 5.81. The Hall–Kier alpha value is -4.26. The van der Waals surface area contributed by atoms with Crippen molar-refractivity contribution >= 4 is 17.8 Å². The number of rotatable bonds is 6. The first-order valence-electron chi connectivity index (χ1n) is 9.69. The van der Waals surface area contributed by atoms with Gasteiger partial charge in [0.05, 0.1) is 32.5 Å². The van der Waals surface area contributed by atoms with E-state index in [1.165, 1.54) is 26.4 Å². The average molecular weight is 432 g/mol. The standard InChI is InChI=1S/C25H20O7/c1-28-17-6-4-5-15(11-17)12-23-24(26)19-9-8-18(14-21(19)32-23)31-25(27)16-7-10-20(29-2)22(13-16)30-3/h4-14H,1-3H3. The van der Waals surface area contributed by atoms with Crippen LogP contribution in [0.5, 0.6) is 28.7 Å². The summed E-state index contributed by atoms with van der Waals surface area (Å²) in [7, 11) is 4.57. The first kappa shape index (κ1) is 21.0. The van der Waals surface area contributed by atoms with Crippen molar-refractivity contribution in [3.05, 3.63) is 83.1 Å². The second-order valence-corrected chi connectivity index (χ2v) is 6.83. The molecule has 0 amide bonds. The van der Waals surface area contributed by atoms with Gasteiger partial charge in [-0.1, -0.05) is 12.1 Å². The van der Waals surface area contributed by atoms with Crippen molar-refractivity contribution in [1.82, 2.24) is 0 Å². The number of fused-ring (bicyclic) bond motifs is 1. The smallest absolute Gasteiger partial charge is 0.343 e. The van der Waals surface area contributed by atoms with Gasteiger partial charge in [-0.3, -0.25) is 4.79 Å².